The SMILES string of the molecule is CCC/C=C\CNCCCCCCC(C)P. The lowest BCUT2D eigenvalue weighted by Crippen LogP contribution is -2.14. The van der Waals surface area contributed by atoms with Gasteiger partial charge in [-0.05, 0) is 31.5 Å². The average molecular weight is 243 g/mol. The lowest BCUT2D eigenvalue weighted by atomic mass is 10.1. The third-order valence-corrected chi connectivity index (χ3v) is 2.98. The molecule has 0 heterocycles. The van der Waals surface area contributed by atoms with Crippen molar-refractivity contribution in [2.45, 2.75) is 64.5 Å². The predicted octanol–water partition coefficient (Wildman–Crippen LogP) is 4.15. The van der Waals surface area contributed by atoms with E-state index in [-0.39, 0.29) is 0 Å². The second-order valence-electron chi connectivity index (χ2n) is 4.64. The summed E-state index contributed by atoms with van der Waals surface area (Å²) in [6.07, 6.45) is 13.8. The second-order valence-corrected chi connectivity index (χ2v) is 5.78. The minimum Gasteiger partial charge on any atom is -0.313 e. The molecule has 0 aliphatic heterocycles. The summed E-state index contributed by atoms with van der Waals surface area (Å²) in [6, 6.07) is 0. The molecule has 0 aromatic carbocycles. The van der Waals surface area contributed by atoms with Gasteiger partial charge in [-0.3, -0.25) is 0 Å². The molecule has 0 aliphatic rings. The number of hydrogen-bond donors (Lipinski definition) is 1. The van der Waals surface area contributed by atoms with Crippen LogP contribution >= 0.6 is 9.24 Å². The minimum absolute atomic E-state index is 0.793. The highest BCUT2D eigenvalue weighted by Gasteiger charge is 1.94. The molecule has 0 aliphatic carbocycles. The van der Waals surface area contributed by atoms with Crippen molar-refractivity contribution in [3.05, 3.63) is 12.2 Å². The van der Waals surface area contributed by atoms with E-state index in [1.165, 1.54) is 51.5 Å². The molecule has 96 valence electrons. The van der Waals surface area contributed by atoms with Gasteiger partial charge in [0, 0.05) is 6.54 Å². The second kappa shape index (κ2) is 13.2. The maximum atomic E-state index is 3.45. The smallest absolute Gasteiger partial charge is 0.0134 e. The van der Waals surface area contributed by atoms with Crippen molar-refractivity contribution in [3.8, 4) is 0 Å². The highest BCUT2D eigenvalue weighted by molar-refractivity contribution is 7.17. The van der Waals surface area contributed by atoms with Crippen LogP contribution in [-0.2, 0) is 0 Å². The Labute approximate surface area is 105 Å². The van der Waals surface area contributed by atoms with E-state index in [0.29, 0.717) is 0 Å². The van der Waals surface area contributed by atoms with Gasteiger partial charge in [0.2, 0.25) is 0 Å². The quantitative estimate of drug-likeness (QED) is 0.326. The standard InChI is InChI=1S/C14H30NP/c1-3-4-5-9-12-15-13-10-7-6-8-11-14(2)16/h5,9,14-15H,3-4,6-8,10-13,16H2,1-2H3/b9-5-. The fourth-order valence-corrected chi connectivity index (χ4v) is 1.86. The first kappa shape index (κ1) is 16.1. The van der Waals surface area contributed by atoms with Crippen LogP contribution < -0.4 is 5.32 Å². The van der Waals surface area contributed by atoms with Crippen molar-refractivity contribution in [2.75, 3.05) is 13.1 Å². The van der Waals surface area contributed by atoms with E-state index in [1.807, 2.05) is 0 Å². The summed E-state index contributed by atoms with van der Waals surface area (Å²) >= 11 is 0. The van der Waals surface area contributed by atoms with E-state index in [1.54, 1.807) is 0 Å². The summed E-state index contributed by atoms with van der Waals surface area (Å²) in [5.74, 6) is 0. The van der Waals surface area contributed by atoms with Crippen molar-refractivity contribution < 1.29 is 0 Å². The maximum Gasteiger partial charge on any atom is 0.0134 e. The van der Waals surface area contributed by atoms with Gasteiger partial charge in [-0.2, -0.15) is 0 Å². The molecule has 1 nitrogen and oxygen atoms in total. The maximum absolute atomic E-state index is 3.45. The molecule has 2 unspecified atom stereocenters. The van der Waals surface area contributed by atoms with Crippen LogP contribution in [0.2, 0.25) is 0 Å². The highest BCUT2D eigenvalue weighted by atomic mass is 31.0. The number of rotatable bonds is 11. The molecule has 0 aromatic heterocycles. The van der Waals surface area contributed by atoms with Gasteiger partial charge in [-0.1, -0.05) is 51.7 Å². The summed E-state index contributed by atoms with van der Waals surface area (Å²) in [5.41, 5.74) is 0.793. The molecular weight excluding hydrogens is 213 g/mol. The van der Waals surface area contributed by atoms with E-state index in [2.05, 4.69) is 40.6 Å². The lowest BCUT2D eigenvalue weighted by Gasteiger charge is -2.04. The van der Waals surface area contributed by atoms with Gasteiger partial charge in [-0.15, -0.1) is 9.24 Å². The number of hydrogen-bond acceptors (Lipinski definition) is 1. The van der Waals surface area contributed by atoms with Crippen molar-refractivity contribution in [2.24, 2.45) is 0 Å². The predicted molar refractivity (Wildman–Crippen MR) is 79.2 cm³/mol. The summed E-state index contributed by atoms with van der Waals surface area (Å²) in [4.78, 5) is 0. The Bertz CT molecular complexity index is 155. The highest BCUT2D eigenvalue weighted by Crippen LogP contribution is 2.10. The minimum atomic E-state index is 0.793. The molecular formula is C14H30NP. The zero-order valence-electron chi connectivity index (χ0n) is 11.2. The molecule has 0 saturated heterocycles. The molecule has 0 rings (SSSR count). The van der Waals surface area contributed by atoms with Gasteiger partial charge in [-0.25, -0.2) is 0 Å². The van der Waals surface area contributed by atoms with Crippen molar-refractivity contribution in [1.29, 1.82) is 0 Å². The molecule has 2 atom stereocenters. The third-order valence-electron chi connectivity index (χ3n) is 2.65. The Morgan fingerprint density at radius 3 is 2.56 bits per heavy atom. The molecule has 0 spiro atoms. The van der Waals surface area contributed by atoms with E-state index < -0.39 is 0 Å². The zero-order chi connectivity index (χ0) is 12.1. The van der Waals surface area contributed by atoms with Crippen molar-refractivity contribution >= 4 is 9.24 Å². The number of nitrogens with one attached hydrogen (secondary N) is 1. The first-order chi connectivity index (χ1) is 7.77. The fourth-order valence-electron chi connectivity index (χ4n) is 1.62. The van der Waals surface area contributed by atoms with Gasteiger partial charge >= 0.3 is 0 Å². The van der Waals surface area contributed by atoms with E-state index in [4.69, 9.17) is 0 Å². The molecule has 2 heteroatoms. The number of unbranched alkanes of at least 4 members (excludes halogenated alkanes) is 4. The van der Waals surface area contributed by atoms with Crippen LogP contribution in [0.5, 0.6) is 0 Å². The van der Waals surface area contributed by atoms with Crippen molar-refractivity contribution in [1.82, 2.24) is 5.32 Å². The van der Waals surface area contributed by atoms with E-state index >= 15 is 0 Å². The summed E-state index contributed by atoms with van der Waals surface area (Å²) < 4.78 is 0. The summed E-state index contributed by atoms with van der Waals surface area (Å²) in [7, 11) is 2.87. The average Bonchev–Trinajstić information content (AvgIpc) is 2.25. The van der Waals surface area contributed by atoms with Crippen LogP contribution in [0.15, 0.2) is 12.2 Å². The number of allylic oxidation sites excluding steroid dienone is 1. The molecule has 0 aromatic rings. The Morgan fingerprint density at radius 2 is 1.88 bits per heavy atom. The van der Waals surface area contributed by atoms with E-state index in [0.717, 1.165) is 12.2 Å². The van der Waals surface area contributed by atoms with Crippen LogP contribution in [0.4, 0.5) is 0 Å². The molecule has 0 fully saturated rings. The molecule has 0 amide bonds. The molecule has 16 heavy (non-hydrogen) atoms. The molecule has 0 radical (unpaired) electrons. The fraction of sp³-hybridized carbons (Fsp3) is 0.857. The molecule has 1 N–H and O–H groups in total. The first-order valence-corrected chi connectivity index (χ1v) is 7.55. The molecule has 0 saturated carbocycles. The van der Waals surface area contributed by atoms with Crippen LogP contribution in [0.3, 0.4) is 0 Å². The van der Waals surface area contributed by atoms with Gasteiger partial charge < -0.3 is 5.32 Å². The Balaban J connectivity index is 2.98. The van der Waals surface area contributed by atoms with Gasteiger partial charge in [0.15, 0.2) is 0 Å². The van der Waals surface area contributed by atoms with Crippen LogP contribution in [-0.4, -0.2) is 18.7 Å². The summed E-state index contributed by atoms with van der Waals surface area (Å²) in [6.45, 7) is 6.71. The largest absolute Gasteiger partial charge is 0.313 e. The topological polar surface area (TPSA) is 12.0 Å². The van der Waals surface area contributed by atoms with Crippen LogP contribution in [0.25, 0.3) is 0 Å². The Hall–Kier alpha value is 0.130. The third kappa shape index (κ3) is 14.1. The van der Waals surface area contributed by atoms with Gasteiger partial charge in [0.05, 0.1) is 0 Å². The molecule has 0 bridgehead atoms. The van der Waals surface area contributed by atoms with Gasteiger partial charge in [0.25, 0.3) is 0 Å². The Morgan fingerprint density at radius 1 is 1.12 bits per heavy atom. The Kier molecular flexibility index (Phi) is 13.3. The van der Waals surface area contributed by atoms with Crippen LogP contribution in [0.1, 0.15) is 58.8 Å². The monoisotopic (exact) mass is 243 g/mol. The first-order valence-electron chi connectivity index (χ1n) is 6.88. The van der Waals surface area contributed by atoms with Gasteiger partial charge in [0.1, 0.15) is 0 Å². The van der Waals surface area contributed by atoms with Crippen molar-refractivity contribution in [3.63, 3.8) is 0 Å². The lowest BCUT2D eigenvalue weighted by molar-refractivity contribution is 0.588. The summed E-state index contributed by atoms with van der Waals surface area (Å²) in [5, 5.41) is 3.45. The van der Waals surface area contributed by atoms with Crippen LogP contribution in [0, 0.1) is 0 Å². The van der Waals surface area contributed by atoms with E-state index in [9.17, 15) is 0 Å². The normalized spacial score (nSPS) is 13.4. The zero-order valence-corrected chi connectivity index (χ0v) is 12.3.